The summed E-state index contributed by atoms with van der Waals surface area (Å²) in [6.45, 7) is 2.06. The van der Waals surface area contributed by atoms with Crippen LogP contribution in [0.1, 0.15) is 53.6 Å². The van der Waals surface area contributed by atoms with E-state index in [-0.39, 0.29) is 0 Å². The quantitative estimate of drug-likeness (QED) is 0.522. The molecule has 0 unspecified atom stereocenters. The first-order valence-electron chi connectivity index (χ1n) is 10.5. The van der Waals surface area contributed by atoms with Gasteiger partial charge < -0.3 is 9.72 Å². The van der Waals surface area contributed by atoms with Gasteiger partial charge in [-0.25, -0.2) is 19.9 Å². The van der Waals surface area contributed by atoms with Crippen molar-refractivity contribution >= 4 is 11.0 Å². The van der Waals surface area contributed by atoms with Crippen molar-refractivity contribution in [2.24, 2.45) is 0 Å². The van der Waals surface area contributed by atoms with Crippen LogP contribution in [0.3, 0.4) is 0 Å². The van der Waals surface area contributed by atoms with Crippen LogP contribution in [-0.2, 0) is 12.8 Å². The van der Waals surface area contributed by atoms with E-state index in [2.05, 4.69) is 44.2 Å². The summed E-state index contributed by atoms with van der Waals surface area (Å²) in [4.78, 5) is 20.7. The third-order valence-corrected chi connectivity index (χ3v) is 5.73. The summed E-state index contributed by atoms with van der Waals surface area (Å²) >= 11 is 0. The van der Waals surface area contributed by atoms with Gasteiger partial charge in [-0.15, -0.1) is 0 Å². The number of fused-ring (bicyclic) bond motifs is 1. The lowest BCUT2D eigenvalue weighted by Gasteiger charge is -2.13. The maximum absolute atomic E-state index is 6.07. The van der Waals surface area contributed by atoms with Crippen LogP contribution in [0.5, 0.6) is 5.88 Å². The average Bonchev–Trinajstić information content (AvgIpc) is 3.40. The van der Waals surface area contributed by atoms with Gasteiger partial charge in [-0.2, -0.15) is 0 Å². The molecule has 1 aliphatic rings. The van der Waals surface area contributed by atoms with Gasteiger partial charge in [0.25, 0.3) is 0 Å². The van der Waals surface area contributed by atoms with Crippen LogP contribution in [-0.4, -0.2) is 31.0 Å². The molecule has 6 nitrogen and oxygen atoms in total. The topological polar surface area (TPSA) is 76.6 Å². The number of nitrogens with zero attached hydrogens (tertiary/aromatic N) is 4. The molecule has 0 atom stereocenters. The average molecular weight is 398 g/mol. The Kier molecular flexibility index (Phi) is 5.13. The van der Waals surface area contributed by atoms with Crippen molar-refractivity contribution in [3.63, 3.8) is 0 Å². The Morgan fingerprint density at radius 2 is 2.00 bits per heavy atom. The van der Waals surface area contributed by atoms with Crippen molar-refractivity contribution in [3.8, 4) is 5.88 Å². The molecule has 151 valence electrons. The molecule has 4 aromatic rings. The van der Waals surface area contributed by atoms with Crippen LogP contribution in [0.25, 0.3) is 11.0 Å². The van der Waals surface area contributed by atoms with Crippen LogP contribution in [0.4, 0.5) is 0 Å². The van der Waals surface area contributed by atoms with E-state index >= 15 is 0 Å². The van der Waals surface area contributed by atoms with Gasteiger partial charge in [0.15, 0.2) is 6.33 Å². The molecule has 0 saturated heterocycles. The van der Waals surface area contributed by atoms with Crippen molar-refractivity contribution in [1.29, 1.82) is 0 Å². The van der Waals surface area contributed by atoms with Crippen LogP contribution < -0.4 is 4.74 Å². The molecule has 0 spiro atoms. The van der Waals surface area contributed by atoms with Gasteiger partial charge in [0.1, 0.15) is 11.8 Å². The molecule has 1 radical (unpaired) electrons. The minimum Gasteiger partial charge on any atom is -0.474 e. The first-order valence-corrected chi connectivity index (χ1v) is 10.5. The number of H-pyrrole nitrogens is 1. The summed E-state index contributed by atoms with van der Waals surface area (Å²) in [6.07, 6.45) is 16.8. The molecule has 0 bridgehead atoms. The first kappa shape index (κ1) is 18.7. The number of nitrogens with one attached hydrogen (secondary N) is 1. The normalized spacial score (nSPS) is 14.4. The predicted octanol–water partition coefficient (Wildman–Crippen LogP) is 4.36. The Balaban J connectivity index is 1.38. The molecule has 0 aliphatic heterocycles. The number of rotatable bonds is 6. The summed E-state index contributed by atoms with van der Waals surface area (Å²) in [6, 6.07) is 6.22. The second-order valence-electron chi connectivity index (χ2n) is 8.04. The Hall–Kier alpha value is -3.28. The standard InChI is InChI=1S/C24H24N5O/c1-16-8-21-18(14-28-24(21)27-12-16)11-19-13-25-15-29-22(19)9-17-6-7-26-23(10-17)30-20-4-2-3-5-20/h6-8,10,12-14,20H,2-5,9,11H2,1H3,(H,27,28). The SMILES string of the molecule is Cc1cnc2[nH]cc(Cc3cn[c]nc3Cc3ccnc(OC4CCCC4)c3)c2c1. The highest BCUT2D eigenvalue weighted by atomic mass is 16.5. The van der Waals surface area contributed by atoms with Gasteiger partial charge in [-0.3, -0.25) is 0 Å². The van der Waals surface area contributed by atoms with Gasteiger partial charge in [-0.05, 0) is 67.0 Å². The lowest BCUT2D eigenvalue weighted by molar-refractivity contribution is 0.201. The van der Waals surface area contributed by atoms with Crippen molar-refractivity contribution in [1.82, 2.24) is 24.9 Å². The van der Waals surface area contributed by atoms with Crippen molar-refractivity contribution in [3.05, 3.63) is 77.3 Å². The van der Waals surface area contributed by atoms with Gasteiger partial charge in [0.2, 0.25) is 5.88 Å². The molecular formula is C24H24N5O. The Morgan fingerprint density at radius 1 is 1.10 bits per heavy atom. The predicted molar refractivity (Wildman–Crippen MR) is 114 cm³/mol. The maximum atomic E-state index is 6.07. The van der Waals surface area contributed by atoms with Gasteiger partial charge in [-0.1, -0.05) is 0 Å². The third kappa shape index (κ3) is 4.03. The van der Waals surface area contributed by atoms with Crippen LogP contribution in [0.2, 0.25) is 0 Å². The number of aromatic nitrogens is 5. The summed E-state index contributed by atoms with van der Waals surface area (Å²) < 4.78 is 6.07. The minimum absolute atomic E-state index is 0.301. The monoisotopic (exact) mass is 398 g/mol. The van der Waals surface area contributed by atoms with E-state index in [0.717, 1.165) is 52.7 Å². The van der Waals surface area contributed by atoms with Gasteiger partial charge in [0.05, 0.1) is 5.69 Å². The lowest BCUT2D eigenvalue weighted by atomic mass is 10.0. The minimum atomic E-state index is 0.301. The Labute approximate surface area is 175 Å². The van der Waals surface area contributed by atoms with Crippen molar-refractivity contribution in [2.75, 3.05) is 0 Å². The van der Waals surface area contributed by atoms with E-state index in [1.165, 1.54) is 18.4 Å². The number of hydrogen-bond acceptors (Lipinski definition) is 5. The molecule has 4 heterocycles. The Bertz CT molecular complexity index is 1160. The number of aromatic amines is 1. The van der Waals surface area contributed by atoms with Crippen LogP contribution >= 0.6 is 0 Å². The zero-order valence-electron chi connectivity index (χ0n) is 17.1. The molecule has 1 saturated carbocycles. The molecule has 4 aromatic heterocycles. The third-order valence-electron chi connectivity index (χ3n) is 5.73. The van der Waals surface area contributed by atoms with Gasteiger partial charge >= 0.3 is 0 Å². The fourth-order valence-electron chi connectivity index (χ4n) is 4.15. The number of aryl methyl sites for hydroxylation is 1. The van der Waals surface area contributed by atoms with E-state index in [4.69, 9.17) is 4.74 Å². The zero-order chi connectivity index (χ0) is 20.3. The summed E-state index contributed by atoms with van der Waals surface area (Å²) in [7, 11) is 0. The van der Waals surface area contributed by atoms with Crippen molar-refractivity contribution < 1.29 is 4.74 Å². The van der Waals surface area contributed by atoms with E-state index in [1.807, 2.05) is 36.9 Å². The molecule has 1 N–H and O–H groups in total. The smallest absolute Gasteiger partial charge is 0.213 e. The number of pyridine rings is 2. The fraction of sp³-hybridized carbons (Fsp3) is 0.333. The molecule has 0 aromatic carbocycles. The second-order valence-corrected chi connectivity index (χ2v) is 8.04. The molecule has 5 rings (SSSR count). The zero-order valence-corrected chi connectivity index (χ0v) is 17.1. The molecule has 0 amide bonds. The highest BCUT2D eigenvalue weighted by Crippen LogP contribution is 2.25. The van der Waals surface area contributed by atoms with Crippen LogP contribution in [0, 0.1) is 13.3 Å². The largest absolute Gasteiger partial charge is 0.474 e. The highest BCUT2D eigenvalue weighted by Gasteiger charge is 2.17. The molecule has 1 aliphatic carbocycles. The summed E-state index contributed by atoms with van der Waals surface area (Å²) in [5, 5.41) is 1.14. The number of hydrogen-bond donors (Lipinski definition) is 1. The van der Waals surface area contributed by atoms with E-state index < -0.39 is 0 Å². The second kappa shape index (κ2) is 8.22. The highest BCUT2D eigenvalue weighted by molar-refractivity contribution is 5.80. The van der Waals surface area contributed by atoms with E-state index in [0.29, 0.717) is 18.4 Å². The molecular weight excluding hydrogens is 374 g/mol. The Morgan fingerprint density at radius 3 is 2.90 bits per heavy atom. The van der Waals surface area contributed by atoms with Crippen molar-refractivity contribution in [2.45, 2.75) is 51.6 Å². The first-order chi connectivity index (χ1) is 14.7. The van der Waals surface area contributed by atoms with Gasteiger partial charge in [0, 0.05) is 49.1 Å². The van der Waals surface area contributed by atoms with Crippen LogP contribution in [0.15, 0.2) is 43.0 Å². The van der Waals surface area contributed by atoms with E-state index in [1.54, 1.807) is 0 Å². The summed E-state index contributed by atoms with van der Waals surface area (Å²) in [5.74, 6) is 0.706. The molecule has 1 fully saturated rings. The lowest BCUT2D eigenvalue weighted by Crippen LogP contribution is -2.12. The number of ether oxygens (including phenoxy) is 1. The van der Waals surface area contributed by atoms with E-state index in [9.17, 15) is 0 Å². The molecule has 6 heteroatoms. The summed E-state index contributed by atoms with van der Waals surface area (Å²) in [5.41, 5.74) is 6.43. The molecule has 30 heavy (non-hydrogen) atoms. The fourth-order valence-corrected chi connectivity index (χ4v) is 4.15. The maximum Gasteiger partial charge on any atom is 0.213 e.